The Balaban J connectivity index is 2.34. The van der Waals surface area contributed by atoms with Gasteiger partial charge in [0.1, 0.15) is 5.75 Å². The molecule has 0 atom stereocenters. The molecule has 0 unspecified atom stereocenters. The molecule has 116 valence electrons. The van der Waals surface area contributed by atoms with Gasteiger partial charge < -0.3 is 4.74 Å². The van der Waals surface area contributed by atoms with Crippen molar-refractivity contribution in [3.05, 3.63) is 59.2 Å². The number of rotatable bonds is 3. The van der Waals surface area contributed by atoms with Crippen LogP contribution in [-0.4, -0.2) is 6.36 Å². The van der Waals surface area contributed by atoms with Crippen molar-refractivity contribution in [1.82, 2.24) is 0 Å². The van der Waals surface area contributed by atoms with E-state index in [-0.39, 0.29) is 5.75 Å². The molecule has 2 aromatic rings. The Bertz CT molecular complexity index is 683. The summed E-state index contributed by atoms with van der Waals surface area (Å²) in [7, 11) is 0. The molecule has 0 radical (unpaired) electrons. The molecule has 0 amide bonds. The minimum atomic E-state index is -4.66. The zero-order valence-electron chi connectivity index (χ0n) is 12.7. The molecule has 0 bridgehead atoms. The minimum Gasteiger partial charge on any atom is -0.406 e. The summed E-state index contributed by atoms with van der Waals surface area (Å²) in [5.41, 5.74) is 5.20. The fraction of sp³-hybridized carbons (Fsp3) is 0.222. The van der Waals surface area contributed by atoms with Crippen LogP contribution in [0.4, 0.5) is 13.2 Å². The number of hydrogen-bond acceptors (Lipinski definition) is 1. The van der Waals surface area contributed by atoms with E-state index >= 15 is 0 Å². The van der Waals surface area contributed by atoms with E-state index in [9.17, 15) is 13.2 Å². The first-order valence-corrected chi connectivity index (χ1v) is 6.90. The molecule has 0 aliphatic carbocycles. The van der Waals surface area contributed by atoms with E-state index < -0.39 is 6.36 Å². The van der Waals surface area contributed by atoms with Crippen LogP contribution >= 0.6 is 0 Å². The molecule has 1 nitrogen and oxygen atoms in total. The topological polar surface area (TPSA) is 9.23 Å². The first kappa shape index (κ1) is 16.1. The first-order chi connectivity index (χ1) is 10.3. The summed E-state index contributed by atoms with van der Waals surface area (Å²) in [6.45, 7) is 5.96. The molecule has 0 spiro atoms. The fourth-order valence-electron chi connectivity index (χ4n) is 2.34. The van der Waals surface area contributed by atoms with Crippen molar-refractivity contribution in [2.45, 2.75) is 27.1 Å². The summed E-state index contributed by atoms with van der Waals surface area (Å²) in [4.78, 5) is 0. The molecule has 4 heteroatoms. The van der Waals surface area contributed by atoms with Crippen LogP contribution in [-0.2, 0) is 0 Å². The molecule has 0 saturated heterocycles. The number of halogens is 3. The molecule has 0 fully saturated rings. The van der Waals surface area contributed by atoms with Gasteiger partial charge in [0.15, 0.2) is 0 Å². The highest BCUT2D eigenvalue weighted by atomic mass is 19.4. The Hall–Kier alpha value is -2.23. The third-order valence-electron chi connectivity index (χ3n) is 3.36. The van der Waals surface area contributed by atoms with E-state index in [4.69, 9.17) is 0 Å². The Labute approximate surface area is 128 Å². The molecular formula is C18H17F3O. The number of benzene rings is 2. The molecule has 0 aliphatic heterocycles. The lowest BCUT2D eigenvalue weighted by atomic mass is 9.95. The van der Waals surface area contributed by atoms with Gasteiger partial charge in [0.05, 0.1) is 0 Å². The second-order valence-electron chi connectivity index (χ2n) is 5.10. The minimum absolute atomic E-state index is 0.212. The predicted octanol–water partition coefficient (Wildman–Crippen LogP) is 5.90. The highest BCUT2D eigenvalue weighted by Crippen LogP contribution is 2.30. The van der Waals surface area contributed by atoms with E-state index in [0.29, 0.717) is 0 Å². The van der Waals surface area contributed by atoms with Gasteiger partial charge in [0.2, 0.25) is 0 Å². The summed E-state index contributed by atoms with van der Waals surface area (Å²) >= 11 is 0. The molecule has 0 N–H and O–H groups in total. The Morgan fingerprint density at radius 3 is 2.14 bits per heavy atom. The van der Waals surface area contributed by atoms with Gasteiger partial charge in [0, 0.05) is 0 Å². The first-order valence-electron chi connectivity index (χ1n) is 6.90. The third-order valence-corrected chi connectivity index (χ3v) is 3.36. The number of hydrogen-bond donors (Lipinski definition) is 0. The average molecular weight is 306 g/mol. The van der Waals surface area contributed by atoms with E-state index in [0.717, 1.165) is 27.8 Å². The van der Waals surface area contributed by atoms with Crippen molar-refractivity contribution < 1.29 is 17.9 Å². The molecule has 2 aromatic carbocycles. The second-order valence-corrected chi connectivity index (χ2v) is 5.10. The van der Waals surface area contributed by atoms with Crippen LogP contribution in [0.5, 0.6) is 5.75 Å². The number of allylic oxidation sites excluding steroid dienone is 1. The van der Waals surface area contributed by atoms with Gasteiger partial charge in [-0.3, -0.25) is 0 Å². The van der Waals surface area contributed by atoms with E-state index in [1.807, 2.05) is 39.0 Å². The molecule has 22 heavy (non-hydrogen) atoms. The lowest BCUT2D eigenvalue weighted by Gasteiger charge is -2.12. The van der Waals surface area contributed by atoms with Crippen LogP contribution in [0.25, 0.3) is 17.2 Å². The highest BCUT2D eigenvalue weighted by Gasteiger charge is 2.30. The van der Waals surface area contributed by atoms with Gasteiger partial charge >= 0.3 is 6.36 Å². The summed E-state index contributed by atoms with van der Waals surface area (Å²) in [6.07, 6.45) is -0.654. The van der Waals surface area contributed by atoms with Crippen molar-refractivity contribution in [2.75, 3.05) is 0 Å². The van der Waals surface area contributed by atoms with Gasteiger partial charge in [0.25, 0.3) is 0 Å². The van der Waals surface area contributed by atoms with Crippen LogP contribution in [0.3, 0.4) is 0 Å². The molecule has 0 heterocycles. The Morgan fingerprint density at radius 2 is 1.59 bits per heavy atom. The van der Waals surface area contributed by atoms with Gasteiger partial charge in [-0.05, 0) is 60.7 Å². The summed E-state index contributed by atoms with van der Waals surface area (Å²) in [6, 6.07) is 10.1. The zero-order chi connectivity index (χ0) is 16.3. The lowest BCUT2D eigenvalue weighted by Crippen LogP contribution is -2.16. The van der Waals surface area contributed by atoms with Crippen molar-refractivity contribution in [2.24, 2.45) is 0 Å². The maximum absolute atomic E-state index is 12.2. The third kappa shape index (κ3) is 3.91. The molecule has 0 aliphatic rings. The average Bonchev–Trinajstić information content (AvgIpc) is 2.42. The lowest BCUT2D eigenvalue weighted by molar-refractivity contribution is -0.274. The summed E-state index contributed by atoms with van der Waals surface area (Å²) < 4.78 is 40.4. The van der Waals surface area contributed by atoms with Gasteiger partial charge in [-0.1, -0.05) is 36.4 Å². The Morgan fingerprint density at radius 1 is 0.955 bits per heavy atom. The second kappa shape index (κ2) is 6.26. The molecule has 0 saturated carbocycles. The summed E-state index contributed by atoms with van der Waals surface area (Å²) in [5.74, 6) is -0.212. The van der Waals surface area contributed by atoms with Crippen LogP contribution in [0.15, 0.2) is 42.5 Å². The predicted molar refractivity (Wildman–Crippen MR) is 82.7 cm³/mol. The van der Waals surface area contributed by atoms with Crippen LogP contribution in [0.2, 0.25) is 0 Å². The zero-order valence-corrected chi connectivity index (χ0v) is 12.7. The number of aryl methyl sites for hydroxylation is 2. The van der Waals surface area contributed by atoms with Crippen molar-refractivity contribution in [3.63, 3.8) is 0 Å². The van der Waals surface area contributed by atoms with Crippen molar-refractivity contribution in [3.8, 4) is 16.9 Å². The standard InChI is InChI=1S/C18H17F3O/c1-4-5-15-10-13(3)17(11-12(15)2)14-6-8-16(9-7-14)22-18(19,20)21/h4-11H,1-3H3/b5-4+. The van der Waals surface area contributed by atoms with E-state index in [1.54, 1.807) is 12.1 Å². The molecule has 2 rings (SSSR count). The molecular weight excluding hydrogens is 289 g/mol. The van der Waals surface area contributed by atoms with Gasteiger partial charge in [-0.25, -0.2) is 0 Å². The number of ether oxygens (including phenoxy) is 1. The molecule has 0 aromatic heterocycles. The van der Waals surface area contributed by atoms with Crippen LogP contribution in [0, 0.1) is 13.8 Å². The summed E-state index contributed by atoms with van der Waals surface area (Å²) in [5, 5.41) is 0. The SMILES string of the molecule is C/C=C/c1cc(C)c(-c2ccc(OC(F)(F)F)cc2)cc1C. The van der Waals surface area contributed by atoms with Gasteiger partial charge in [-0.2, -0.15) is 0 Å². The van der Waals surface area contributed by atoms with Gasteiger partial charge in [-0.15, -0.1) is 13.2 Å². The van der Waals surface area contributed by atoms with Crippen LogP contribution in [0.1, 0.15) is 23.6 Å². The number of alkyl halides is 3. The monoisotopic (exact) mass is 306 g/mol. The Kier molecular flexibility index (Phi) is 4.59. The fourth-order valence-corrected chi connectivity index (χ4v) is 2.34. The maximum Gasteiger partial charge on any atom is 0.573 e. The van der Waals surface area contributed by atoms with E-state index in [2.05, 4.69) is 10.8 Å². The largest absolute Gasteiger partial charge is 0.573 e. The highest BCUT2D eigenvalue weighted by molar-refractivity contribution is 5.71. The van der Waals surface area contributed by atoms with Crippen molar-refractivity contribution in [1.29, 1.82) is 0 Å². The smallest absolute Gasteiger partial charge is 0.406 e. The van der Waals surface area contributed by atoms with E-state index in [1.165, 1.54) is 12.1 Å². The quantitative estimate of drug-likeness (QED) is 0.685. The maximum atomic E-state index is 12.2. The van der Waals surface area contributed by atoms with Crippen molar-refractivity contribution >= 4 is 6.08 Å². The normalized spacial score (nSPS) is 11.9. The van der Waals surface area contributed by atoms with Crippen LogP contribution < -0.4 is 4.74 Å².